The number of Topliss-reactive ketones (excluding diaryl/α,β-unsaturated/α-hetero) is 1. The summed E-state index contributed by atoms with van der Waals surface area (Å²) in [7, 11) is 0. The van der Waals surface area contributed by atoms with Gasteiger partial charge in [0.05, 0.1) is 11.1 Å². The number of ether oxygens (including phenoxy) is 1. The number of halogens is 2. The number of rotatable bonds is 7. The number of nitrogens with one attached hydrogen (secondary N) is 1. The number of hydrogen-bond acceptors (Lipinski definition) is 3. The van der Waals surface area contributed by atoms with Crippen molar-refractivity contribution in [2.45, 2.75) is 19.4 Å². The second-order valence-electron chi connectivity index (χ2n) is 5.28. The van der Waals surface area contributed by atoms with Crippen LogP contribution in [0.25, 0.3) is 0 Å². The Balaban J connectivity index is 1.92. The minimum Gasteiger partial charge on any atom is -0.482 e. The van der Waals surface area contributed by atoms with Crippen molar-refractivity contribution in [3.63, 3.8) is 0 Å². The Labute approximate surface area is 144 Å². The highest BCUT2D eigenvalue weighted by Gasteiger charge is 2.18. The largest absolute Gasteiger partial charge is 0.482 e. The van der Waals surface area contributed by atoms with E-state index in [0.717, 1.165) is 11.6 Å². The van der Waals surface area contributed by atoms with Crippen LogP contribution in [0.3, 0.4) is 0 Å². The minimum atomic E-state index is -0.632. The molecule has 0 spiro atoms. The number of benzene rings is 2. The van der Waals surface area contributed by atoms with Gasteiger partial charge in [-0.05, 0) is 37.1 Å². The van der Waals surface area contributed by atoms with E-state index in [1.54, 1.807) is 0 Å². The average molecular weight is 350 g/mol. The van der Waals surface area contributed by atoms with Crippen molar-refractivity contribution in [3.8, 4) is 5.75 Å². The summed E-state index contributed by atoms with van der Waals surface area (Å²) in [6.07, 6.45) is 0.402. The molecule has 0 aliphatic rings. The Morgan fingerprint density at radius 2 is 1.92 bits per heavy atom. The smallest absolute Gasteiger partial charge is 0.258 e. The predicted molar refractivity (Wildman–Crippen MR) is 89.7 cm³/mol. The SMILES string of the molecule is CC(=O)[C@@H](Cc1ccccc1)NC(=O)COc1ccc(F)cc1Cl. The lowest BCUT2D eigenvalue weighted by molar-refractivity contribution is -0.128. The average Bonchev–Trinajstić information content (AvgIpc) is 2.54. The van der Waals surface area contributed by atoms with Gasteiger partial charge in [0.15, 0.2) is 12.4 Å². The van der Waals surface area contributed by atoms with Crippen LogP contribution in [-0.2, 0) is 16.0 Å². The zero-order chi connectivity index (χ0) is 17.5. The third-order valence-corrected chi connectivity index (χ3v) is 3.66. The van der Waals surface area contributed by atoms with E-state index in [0.29, 0.717) is 6.42 Å². The molecule has 0 aliphatic heterocycles. The fourth-order valence-electron chi connectivity index (χ4n) is 2.12. The van der Waals surface area contributed by atoms with E-state index in [2.05, 4.69) is 5.32 Å². The van der Waals surface area contributed by atoms with Crippen molar-refractivity contribution in [1.82, 2.24) is 5.32 Å². The summed E-state index contributed by atoms with van der Waals surface area (Å²) >= 11 is 5.83. The van der Waals surface area contributed by atoms with Crippen LogP contribution in [0.2, 0.25) is 5.02 Å². The van der Waals surface area contributed by atoms with E-state index in [4.69, 9.17) is 16.3 Å². The van der Waals surface area contributed by atoms with E-state index in [1.807, 2.05) is 30.3 Å². The number of hydrogen-bond donors (Lipinski definition) is 1. The van der Waals surface area contributed by atoms with Crippen molar-refractivity contribution in [2.75, 3.05) is 6.61 Å². The molecular formula is C18H17ClFNO3. The monoisotopic (exact) mass is 349 g/mol. The zero-order valence-corrected chi connectivity index (χ0v) is 13.8. The lowest BCUT2D eigenvalue weighted by Crippen LogP contribution is -2.43. The van der Waals surface area contributed by atoms with E-state index >= 15 is 0 Å². The normalized spacial score (nSPS) is 11.6. The topological polar surface area (TPSA) is 55.4 Å². The second kappa shape index (κ2) is 8.45. The van der Waals surface area contributed by atoms with Crippen LogP contribution in [0.1, 0.15) is 12.5 Å². The standard InChI is InChI=1S/C18H17ClFNO3/c1-12(22)16(9-13-5-3-2-4-6-13)21-18(23)11-24-17-8-7-14(20)10-15(17)19/h2-8,10,16H,9,11H2,1H3,(H,21,23)/t16-/m1/s1. The fourth-order valence-corrected chi connectivity index (χ4v) is 2.34. The van der Waals surface area contributed by atoms with Crippen LogP contribution in [0.5, 0.6) is 5.75 Å². The number of carbonyl (C=O) groups excluding carboxylic acids is 2. The van der Waals surface area contributed by atoms with Gasteiger partial charge in [0.25, 0.3) is 5.91 Å². The van der Waals surface area contributed by atoms with Gasteiger partial charge in [-0.3, -0.25) is 9.59 Å². The molecule has 0 unspecified atom stereocenters. The molecule has 0 heterocycles. The van der Waals surface area contributed by atoms with Crippen molar-refractivity contribution >= 4 is 23.3 Å². The molecule has 0 fully saturated rings. The Kier molecular flexibility index (Phi) is 6.32. The summed E-state index contributed by atoms with van der Waals surface area (Å²) < 4.78 is 18.2. The summed E-state index contributed by atoms with van der Waals surface area (Å²) in [4.78, 5) is 23.7. The van der Waals surface area contributed by atoms with Gasteiger partial charge in [-0.25, -0.2) is 4.39 Å². The van der Waals surface area contributed by atoms with Crippen LogP contribution in [0.4, 0.5) is 4.39 Å². The maximum atomic E-state index is 13.0. The molecule has 2 rings (SSSR count). The van der Waals surface area contributed by atoms with Gasteiger partial charge in [0.2, 0.25) is 0 Å². The van der Waals surface area contributed by atoms with Crippen molar-refractivity contribution in [2.24, 2.45) is 0 Å². The van der Waals surface area contributed by atoms with Gasteiger partial charge in [0, 0.05) is 0 Å². The van der Waals surface area contributed by atoms with Crippen molar-refractivity contribution in [1.29, 1.82) is 0 Å². The molecule has 0 radical (unpaired) electrons. The highest BCUT2D eigenvalue weighted by molar-refractivity contribution is 6.32. The minimum absolute atomic E-state index is 0.0789. The first kappa shape index (κ1) is 17.9. The van der Waals surface area contributed by atoms with E-state index in [-0.39, 0.29) is 23.2 Å². The molecule has 24 heavy (non-hydrogen) atoms. The van der Waals surface area contributed by atoms with Gasteiger partial charge >= 0.3 is 0 Å². The van der Waals surface area contributed by atoms with E-state index in [1.165, 1.54) is 19.1 Å². The Morgan fingerprint density at radius 1 is 1.21 bits per heavy atom. The highest BCUT2D eigenvalue weighted by Crippen LogP contribution is 2.24. The maximum absolute atomic E-state index is 13.0. The second-order valence-corrected chi connectivity index (χ2v) is 5.69. The molecule has 2 aromatic rings. The first-order chi connectivity index (χ1) is 11.5. The maximum Gasteiger partial charge on any atom is 0.258 e. The lowest BCUT2D eigenvalue weighted by atomic mass is 10.0. The van der Waals surface area contributed by atoms with Gasteiger partial charge in [0.1, 0.15) is 11.6 Å². The molecule has 1 N–H and O–H groups in total. The van der Waals surface area contributed by atoms with Crippen LogP contribution >= 0.6 is 11.6 Å². The molecule has 1 amide bonds. The first-order valence-electron chi connectivity index (χ1n) is 7.37. The van der Waals surface area contributed by atoms with Gasteiger partial charge in [-0.2, -0.15) is 0 Å². The molecule has 4 nitrogen and oxygen atoms in total. The van der Waals surface area contributed by atoms with Crippen molar-refractivity contribution < 1.29 is 18.7 Å². The lowest BCUT2D eigenvalue weighted by Gasteiger charge is -2.16. The molecule has 0 saturated carbocycles. The van der Waals surface area contributed by atoms with Gasteiger partial charge < -0.3 is 10.1 Å². The highest BCUT2D eigenvalue weighted by atomic mass is 35.5. The molecule has 0 saturated heterocycles. The van der Waals surface area contributed by atoms with Gasteiger partial charge in [-0.15, -0.1) is 0 Å². The number of amides is 1. The summed E-state index contributed by atoms with van der Waals surface area (Å²) in [6.45, 7) is 1.11. The van der Waals surface area contributed by atoms with Crippen LogP contribution in [0.15, 0.2) is 48.5 Å². The Hall–Kier alpha value is -2.40. The van der Waals surface area contributed by atoms with Crippen LogP contribution in [-0.4, -0.2) is 24.3 Å². The van der Waals surface area contributed by atoms with E-state index in [9.17, 15) is 14.0 Å². The van der Waals surface area contributed by atoms with Crippen LogP contribution < -0.4 is 10.1 Å². The molecular weight excluding hydrogens is 333 g/mol. The molecule has 0 aromatic heterocycles. The molecule has 0 bridgehead atoms. The predicted octanol–water partition coefficient (Wildman–Crippen LogP) is 3.17. The molecule has 1 atom stereocenters. The van der Waals surface area contributed by atoms with E-state index < -0.39 is 17.8 Å². The quantitative estimate of drug-likeness (QED) is 0.835. The van der Waals surface area contributed by atoms with Crippen LogP contribution in [0, 0.1) is 5.82 Å². The summed E-state index contributed by atoms with van der Waals surface area (Å²) in [5, 5.41) is 2.71. The number of carbonyl (C=O) groups is 2. The summed E-state index contributed by atoms with van der Waals surface area (Å²) in [5.41, 5.74) is 0.945. The van der Waals surface area contributed by atoms with Gasteiger partial charge in [-0.1, -0.05) is 41.9 Å². The molecule has 2 aromatic carbocycles. The Bertz CT molecular complexity index is 721. The number of ketones is 1. The third-order valence-electron chi connectivity index (χ3n) is 3.36. The molecule has 126 valence electrons. The molecule has 0 aliphatic carbocycles. The fraction of sp³-hybridized carbons (Fsp3) is 0.222. The Morgan fingerprint density at radius 3 is 2.54 bits per heavy atom. The third kappa shape index (κ3) is 5.35. The summed E-state index contributed by atoms with van der Waals surface area (Å²) in [5.74, 6) is -0.884. The van der Waals surface area contributed by atoms with Crippen molar-refractivity contribution in [3.05, 3.63) is 64.9 Å². The summed E-state index contributed by atoms with van der Waals surface area (Å²) in [6, 6.07) is 12.4. The molecule has 6 heteroatoms. The first-order valence-corrected chi connectivity index (χ1v) is 7.75. The zero-order valence-electron chi connectivity index (χ0n) is 13.1.